The summed E-state index contributed by atoms with van der Waals surface area (Å²) < 4.78 is 28.1. The van der Waals surface area contributed by atoms with E-state index >= 15 is 0 Å². The highest BCUT2D eigenvalue weighted by Crippen LogP contribution is 2.38. The minimum atomic E-state index is -0.653. The number of hydrogen-bond acceptors (Lipinski definition) is 5. The van der Waals surface area contributed by atoms with Gasteiger partial charge in [0.2, 0.25) is 5.78 Å². The first-order valence-electron chi connectivity index (χ1n) is 9.74. The number of pyridine rings is 1. The Hall–Kier alpha value is -3.16. The zero-order chi connectivity index (χ0) is 20.9. The van der Waals surface area contributed by atoms with Gasteiger partial charge in [0, 0.05) is 35.3 Å². The Balaban J connectivity index is 1.55. The normalized spacial score (nSPS) is 20.7. The summed E-state index contributed by atoms with van der Waals surface area (Å²) >= 11 is 0. The molecule has 0 spiro atoms. The Bertz CT molecular complexity index is 1240. The lowest BCUT2D eigenvalue weighted by Crippen LogP contribution is -2.29. The van der Waals surface area contributed by atoms with Crippen molar-refractivity contribution in [2.75, 3.05) is 6.61 Å². The summed E-state index contributed by atoms with van der Waals surface area (Å²) in [6, 6.07) is 10.5. The molecule has 0 N–H and O–H groups in total. The van der Waals surface area contributed by atoms with E-state index in [1.165, 1.54) is 6.07 Å². The predicted octanol–water partition coefficient (Wildman–Crippen LogP) is 4.60. The van der Waals surface area contributed by atoms with Crippen LogP contribution in [0.25, 0.3) is 28.2 Å². The van der Waals surface area contributed by atoms with E-state index < -0.39 is 11.4 Å². The SMILES string of the molecule is CC1(C)OCC(C)(c2ccn3c(-c4ccc(F)c(-c5cccnc5)c4)cnc3n2)O1. The monoisotopic (exact) mass is 404 g/mol. The van der Waals surface area contributed by atoms with Gasteiger partial charge in [-0.3, -0.25) is 9.38 Å². The summed E-state index contributed by atoms with van der Waals surface area (Å²) in [5, 5.41) is 0. The molecule has 4 heterocycles. The molecule has 0 amide bonds. The van der Waals surface area contributed by atoms with E-state index in [4.69, 9.17) is 14.5 Å². The Kier molecular flexibility index (Phi) is 4.20. The van der Waals surface area contributed by atoms with Gasteiger partial charge in [-0.05, 0) is 51.1 Å². The topological polar surface area (TPSA) is 61.5 Å². The van der Waals surface area contributed by atoms with Gasteiger partial charge in [-0.25, -0.2) is 14.4 Å². The van der Waals surface area contributed by atoms with Crippen molar-refractivity contribution in [2.24, 2.45) is 0 Å². The van der Waals surface area contributed by atoms with Crippen molar-refractivity contribution in [3.63, 3.8) is 0 Å². The molecule has 1 aliphatic rings. The standard InChI is InChI=1S/C23H21FN4O2/c1-22(2)29-14-23(3,30-22)20-8-10-28-19(13-26-21(28)27-20)15-6-7-18(24)17(11-15)16-5-4-9-25-12-16/h4-13H,14H2,1-3H3. The molecule has 1 aliphatic heterocycles. The fraction of sp³-hybridized carbons (Fsp3) is 0.261. The van der Waals surface area contributed by atoms with E-state index in [0.717, 1.165) is 22.5 Å². The molecule has 1 aromatic carbocycles. The molecule has 1 fully saturated rings. The average Bonchev–Trinajstić information content (AvgIpc) is 3.29. The van der Waals surface area contributed by atoms with Crippen LogP contribution >= 0.6 is 0 Å². The van der Waals surface area contributed by atoms with Crippen LogP contribution in [0.5, 0.6) is 0 Å². The number of imidazole rings is 1. The second-order valence-corrected chi connectivity index (χ2v) is 8.08. The number of halogens is 1. The Morgan fingerprint density at radius 3 is 2.67 bits per heavy atom. The van der Waals surface area contributed by atoms with E-state index in [2.05, 4.69) is 9.97 Å². The second kappa shape index (κ2) is 6.68. The molecule has 1 atom stereocenters. The van der Waals surface area contributed by atoms with Crippen LogP contribution in [0.1, 0.15) is 26.5 Å². The fourth-order valence-electron chi connectivity index (χ4n) is 3.85. The molecular weight excluding hydrogens is 383 g/mol. The molecule has 4 aromatic rings. The van der Waals surface area contributed by atoms with Crippen molar-refractivity contribution in [3.8, 4) is 22.4 Å². The average molecular weight is 404 g/mol. The first kappa shape index (κ1) is 18.8. The lowest BCUT2D eigenvalue weighted by atomic mass is 10.0. The summed E-state index contributed by atoms with van der Waals surface area (Å²) in [6.07, 6.45) is 6.97. The third kappa shape index (κ3) is 3.16. The fourth-order valence-corrected chi connectivity index (χ4v) is 3.85. The molecule has 0 saturated carbocycles. The van der Waals surface area contributed by atoms with Crippen LogP contribution in [0.4, 0.5) is 4.39 Å². The Morgan fingerprint density at radius 2 is 1.93 bits per heavy atom. The van der Waals surface area contributed by atoms with Crippen LogP contribution in [-0.2, 0) is 15.1 Å². The summed E-state index contributed by atoms with van der Waals surface area (Å²) in [5.41, 5.74) is 2.99. The van der Waals surface area contributed by atoms with Crippen LogP contribution in [0.3, 0.4) is 0 Å². The number of benzene rings is 1. The highest BCUT2D eigenvalue weighted by molar-refractivity contribution is 5.72. The summed E-state index contributed by atoms with van der Waals surface area (Å²) in [4.78, 5) is 13.3. The molecule has 6 nitrogen and oxygen atoms in total. The molecule has 1 saturated heterocycles. The molecule has 5 rings (SSSR count). The van der Waals surface area contributed by atoms with Gasteiger partial charge in [0.25, 0.3) is 0 Å². The minimum Gasteiger partial charge on any atom is -0.347 e. The van der Waals surface area contributed by atoms with Crippen molar-refractivity contribution >= 4 is 5.78 Å². The van der Waals surface area contributed by atoms with E-state index in [-0.39, 0.29) is 5.82 Å². The van der Waals surface area contributed by atoms with E-state index in [0.29, 0.717) is 17.9 Å². The Labute approximate surface area is 173 Å². The lowest BCUT2D eigenvalue weighted by molar-refractivity contribution is -0.160. The summed E-state index contributed by atoms with van der Waals surface area (Å²) in [7, 11) is 0. The Morgan fingerprint density at radius 1 is 1.07 bits per heavy atom. The second-order valence-electron chi connectivity index (χ2n) is 8.08. The molecule has 152 valence electrons. The molecular formula is C23H21FN4O2. The number of aromatic nitrogens is 4. The van der Waals surface area contributed by atoms with Gasteiger partial charge in [-0.1, -0.05) is 6.07 Å². The third-order valence-corrected chi connectivity index (χ3v) is 5.32. The van der Waals surface area contributed by atoms with Gasteiger partial charge < -0.3 is 9.47 Å². The highest BCUT2D eigenvalue weighted by Gasteiger charge is 2.44. The smallest absolute Gasteiger partial charge is 0.234 e. The molecule has 0 aliphatic carbocycles. The number of nitrogens with zero attached hydrogens (tertiary/aromatic N) is 4. The first-order chi connectivity index (χ1) is 14.3. The van der Waals surface area contributed by atoms with E-state index in [1.54, 1.807) is 30.7 Å². The summed E-state index contributed by atoms with van der Waals surface area (Å²) in [5.74, 6) is -0.404. The summed E-state index contributed by atoms with van der Waals surface area (Å²) in [6.45, 7) is 6.16. The van der Waals surface area contributed by atoms with Gasteiger partial charge >= 0.3 is 0 Å². The zero-order valence-corrected chi connectivity index (χ0v) is 17.0. The van der Waals surface area contributed by atoms with Gasteiger partial charge in [0.15, 0.2) is 5.79 Å². The third-order valence-electron chi connectivity index (χ3n) is 5.32. The van der Waals surface area contributed by atoms with Crippen molar-refractivity contribution in [1.29, 1.82) is 0 Å². The molecule has 30 heavy (non-hydrogen) atoms. The van der Waals surface area contributed by atoms with E-state index in [9.17, 15) is 4.39 Å². The van der Waals surface area contributed by atoms with Gasteiger partial charge in [-0.15, -0.1) is 0 Å². The minimum absolute atomic E-state index is 0.296. The highest BCUT2D eigenvalue weighted by atomic mass is 19.1. The molecule has 0 bridgehead atoms. The van der Waals surface area contributed by atoms with Crippen molar-refractivity contribution in [1.82, 2.24) is 19.4 Å². The number of fused-ring (bicyclic) bond motifs is 1. The van der Waals surface area contributed by atoms with Crippen LogP contribution in [0.2, 0.25) is 0 Å². The number of hydrogen-bond donors (Lipinski definition) is 0. The molecule has 1 unspecified atom stereocenters. The number of ether oxygens (including phenoxy) is 2. The van der Waals surface area contributed by atoms with Crippen molar-refractivity contribution in [3.05, 3.63) is 72.7 Å². The molecule has 7 heteroatoms. The van der Waals surface area contributed by atoms with E-state index in [1.807, 2.05) is 49.6 Å². The van der Waals surface area contributed by atoms with Crippen LogP contribution < -0.4 is 0 Å². The van der Waals surface area contributed by atoms with Crippen molar-refractivity contribution < 1.29 is 13.9 Å². The molecule has 0 radical (unpaired) electrons. The van der Waals surface area contributed by atoms with Gasteiger partial charge in [0.1, 0.15) is 11.4 Å². The van der Waals surface area contributed by atoms with Crippen LogP contribution in [0, 0.1) is 5.82 Å². The first-order valence-corrected chi connectivity index (χ1v) is 9.74. The predicted molar refractivity (Wildman–Crippen MR) is 110 cm³/mol. The van der Waals surface area contributed by atoms with Crippen LogP contribution in [-0.4, -0.2) is 31.7 Å². The van der Waals surface area contributed by atoms with Gasteiger partial charge in [-0.2, -0.15) is 0 Å². The van der Waals surface area contributed by atoms with Crippen LogP contribution in [0.15, 0.2) is 61.2 Å². The zero-order valence-electron chi connectivity index (χ0n) is 17.0. The molecule has 3 aromatic heterocycles. The quantitative estimate of drug-likeness (QED) is 0.500. The largest absolute Gasteiger partial charge is 0.347 e. The van der Waals surface area contributed by atoms with Crippen molar-refractivity contribution in [2.45, 2.75) is 32.2 Å². The lowest BCUT2D eigenvalue weighted by Gasteiger charge is -2.24. The maximum Gasteiger partial charge on any atom is 0.234 e. The van der Waals surface area contributed by atoms with Gasteiger partial charge in [0.05, 0.1) is 24.2 Å². The maximum atomic E-state index is 14.5. The maximum absolute atomic E-state index is 14.5. The number of rotatable bonds is 3.